The number of hydrogen-bond donors (Lipinski definition) is 0. The third-order valence-electron chi connectivity index (χ3n) is 2.84. The Morgan fingerprint density at radius 2 is 1.89 bits per heavy atom. The molecule has 0 bridgehead atoms. The van der Waals surface area contributed by atoms with Crippen LogP contribution in [0.5, 0.6) is 0 Å². The van der Waals surface area contributed by atoms with Gasteiger partial charge in [-0.05, 0) is 38.5 Å². The Morgan fingerprint density at radius 3 is 2.47 bits per heavy atom. The summed E-state index contributed by atoms with van der Waals surface area (Å²) in [6.45, 7) is 6.41. The maximum Gasteiger partial charge on any atom is 0.148 e. The molecule has 0 aliphatic carbocycles. The van der Waals surface area contributed by atoms with E-state index in [9.17, 15) is 0 Å². The van der Waals surface area contributed by atoms with Crippen molar-refractivity contribution < 1.29 is 0 Å². The van der Waals surface area contributed by atoms with Crippen molar-refractivity contribution >= 4 is 27.5 Å². The van der Waals surface area contributed by atoms with Crippen molar-refractivity contribution in [3.05, 3.63) is 46.0 Å². The predicted molar refractivity (Wildman–Crippen MR) is 81.5 cm³/mol. The first-order valence-corrected chi connectivity index (χ1v) is 7.48. The molecular weight excluding hydrogens is 326 g/mol. The van der Waals surface area contributed by atoms with Crippen LogP contribution in [0.1, 0.15) is 38.0 Å². The van der Waals surface area contributed by atoms with Crippen LogP contribution >= 0.6 is 27.5 Å². The predicted octanol–water partition coefficient (Wildman–Crippen LogP) is 4.13. The third-order valence-corrected chi connectivity index (χ3v) is 3.57. The molecule has 0 aliphatic heterocycles. The van der Waals surface area contributed by atoms with Gasteiger partial charge in [-0.3, -0.25) is 0 Å². The van der Waals surface area contributed by atoms with E-state index in [4.69, 9.17) is 11.6 Å². The van der Waals surface area contributed by atoms with Gasteiger partial charge in [0.15, 0.2) is 0 Å². The van der Waals surface area contributed by atoms with E-state index in [2.05, 4.69) is 63.6 Å². The smallest absolute Gasteiger partial charge is 0.148 e. The molecule has 0 unspecified atom stereocenters. The number of aromatic nitrogens is 3. The molecule has 1 heterocycles. The van der Waals surface area contributed by atoms with Crippen molar-refractivity contribution in [2.24, 2.45) is 0 Å². The van der Waals surface area contributed by atoms with E-state index < -0.39 is 0 Å². The van der Waals surface area contributed by atoms with Crippen molar-refractivity contribution in [3.63, 3.8) is 0 Å². The number of benzene rings is 1. The second kappa shape index (κ2) is 5.63. The van der Waals surface area contributed by atoms with Gasteiger partial charge < -0.3 is 4.57 Å². The van der Waals surface area contributed by atoms with Crippen LogP contribution in [0.2, 0.25) is 0 Å². The highest BCUT2D eigenvalue weighted by Crippen LogP contribution is 2.22. The minimum Gasteiger partial charge on any atom is -0.308 e. The number of hydrogen-bond acceptors (Lipinski definition) is 2. The van der Waals surface area contributed by atoms with Crippen molar-refractivity contribution in [1.82, 2.24) is 14.8 Å². The lowest BCUT2D eigenvalue weighted by Crippen LogP contribution is -2.26. The molecule has 2 aromatic rings. The highest BCUT2D eigenvalue weighted by Gasteiger charge is 2.22. The Hall–Kier alpha value is -0.870. The van der Waals surface area contributed by atoms with Crippen LogP contribution in [0.25, 0.3) is 0 Å². The Kier molecular flexibility index (Phi) is 4.31. The van der Waals surface area contributed by atoms with Gasteiger partial charge in [0, 0.05) is 16.4 Å². The zero-order chi connectivity index (χ0) is 14.0. The van der Waals surface area contributed by atoms with E-state index in [1.54, 1.807) is 0 Å². The number of alkyl halides is 1. The molecule has 0 N–H and O–H groups in total. The lowest BCUT2D eigenvalue weighted by molar-refractivity contribution is 0.375. The summed E-state index contributed by atoms with van der Waals surface area (Å²) in [5, 5.41) is 8.48. The van der Waals surface area contributed by atoms with Gasteiger partial charge in [-0.25, -0.2) is 0 Å². The van der Waals surface area contributed by atoms with Crippen LogP contribution in [0.4, 0.5) is 0 Å². The zero-order valence-corrected chi connectivity index (χ0v) is 13.7. The van der Waals surface area contributed by atoms with Crippen LogP contribution < -0.4 is 0 Å². The fraction of sp³-hybridized carbons (Fsp3) is 0.429. The fourth-order valence-electron chi connectivity index (χ4n) is 2.16. The quantitative estimate of drug-likeness (QED) is 0.785. The Labute approximate surface area is 127 Å². The molecule has 19 heavy (non-hydrogen) atoms. The van der Waals surface area contributed by atoms with E-state index in [0.717, 1.165) is 22.5 Å². The molecule has 3 nitrogen and oxygen atoms in total. The van der Waals surface area contributed by atoms with E-state index in [1.807, 2.05) is 12.1 Å². The average molecular weight is 343 g/mol. The summed E-state index contributed by atoms with van der Waals surface area (Å²) in [5.74, 6) is 2.14. The largest absolute Gasteiger partial charge is 0.308 e. The lowest BCUT2D eigenvalue weighted by Gasteiger charge is -2.24. The molecule has 1 aromatic heterocycles. The van der Waals surface area contributed by atoms with E-state index >= 15 is 0 Å². The lowest BCUT2D eigenvalue weighted by atomic mass is 10.1. The number of rotatable bonds is 3. The van der Waals surface area contributed by atoms with Gasteiger partial charge >= 0.3 is 0 Å². The van der Waals surface area contributed by atoms with Crippen LogP contribution in [-0.2, 0) is 17.8 Å². The topological polar surface area (TPSA) is 30.7 Å². The highest BCUT2D eigenvalue weighted by molar-refractivity contribution is 9.10. The molecule has 2 rings (SSSR count). The summed E-state index contributed by atoms with van der Waals surface area (Å²) >= 11 is 9.44. The second-order valence-corrected chi connectivity index (χ2v) is 6.66. The summed E-state index contributed by atoms with van der Waals surface area (Å²) in [7, 11) is 0. The van der Waals surface area contributed by atoms with Crippen molar-refractivity contribution in [2.45, 2.75) is 38.6 Å². The monoisotopic (exact) mass is 341 g/mol. The molecule has 0 saturated heterocycles. The standard InChI is InChI=1S/C14H17BrClN3/c1-14(2,3)19-12(17-18-13(19)9-16)8-10-5-4-6-11(15)7-10/h4-7H,8-9H2,1-3H3. The third kappa shape index (κ3) is 3.37. The van der Waals surface area contributed by atoms with Gasteiger partial charge in [0.25, 0.3) is 0 Å². The minimum absolute atomic E-state index is 0.0743. The Morgan fingerprint density at radius 1 is 1.21 bits per heavy atom. The molecule has 102 valence electrons. The molecule has 0 saturated carbocycles. The molecule has 0 radical (unpaired) electrons. The van der Waals surface area contributed by atoms with Gasteiger partial charge in [-0.2, -0.15) is 0 Å². The SMILES string of the molecule is CC(C)(C)n1c(CCl)nnc1Cc1cccc(Br)c1. The first-order valence-electron chi connectivity index (χ1n) is 6.16. The molecule has 1 aromatic carbocycles. The molecule has 0 spiro atoms. The molecular formula is C14H17BrClN3. The van der Waals surface area contributed by atoms with Gasteiger partial charge in [-0.15, -0.1) is 21.8 Å². The van der Waals surface area contributed by atoms with Crippen molar-refractivity contribution in [2.75, 3.05) is 0 Å². The minimum atomic E-state index is -0.0743. The summed E-state index contributed by atoms with van der Waals surface area (Å²) in [6.07, 6.45) is 0.751. The molecule has 5 heteroatoms. The van der Waals surface area contributed by atoms with Crippen molar-refractivity contribution in [3.8, 4) is 0 Å². The summed E-state index contributed by atoms with van der Waals surface area (Å²) < 4.78 is 3.20. The fourth-order valence-corrected chi connectivity index (χ4v) is 2.78. The molecule has 0 amide bonds. The maximum atomic E-state index is 5.95. The van der Waals surface area contributed by atoms with Crippen LogP contribution in [-0.4, -0.2) is 14.8 Å². The maximum absolute atomic E-state index is 5.95. The van der Waals surface area contributed by atoms with Crippen LogP contribution in [0.15, 0.2) is 28.7 Å². The van der Waals surface area contributed by atoms with E-state index in [-0.39, 0.29) is 5.54 Å². The average Bonchev–Trinajstić information content (AvgIpc) is 2.71. The summed E-state index contributed by atoms with van der Waals surface area (Å²) in [5.41, 5.74) is 1.13. The number of nitrogens with zero attached hydrogens (tertiary/aromatic N) is 3. The first kappa shape index (κ1) is 14.5. The molecule has 0 aliphatic rings. The van der Waals surface area contributed by atoms with E-state index in [0.29, 0.717) is 5.88 Å². The summed E-state index contributed by atoms with van der Waals surface area (Å²) in [6, 6.07) is 8.23. The molecule has 0 atom stereocenters. The Bertz CT molecular complexity index is 572. The van der Waals surface area contributed by atoms with E-state index in [1.165, 1.54) is 5.56 Å². The van der Waals surface area contributed by atoms with Crippen LogP contribution in [0.3, 0.4) is 0 Å². The first-order chi connectivity index (χ1) is 8.91. The van der Waals surface area contributed by atoms with Gasteiger partial charge in [0.1, 0.15) is 11.6 Å². The highest BCUT2D eigenvalue weighted by atomic mass is 79.9. The zero-order valence-electron chi connectivity index (χ0n) is 11.3. The second-order valence-electron chi connectivity index (χ2n) is 5.48. The van der Waals surface area contributed by atoms with Gasteiger partial charge in [-0.1, -0.05) is 28.1 Å². The van der Waals surface area contributed by atoms with Crippen LogP contribution in [0, 0.1) is 0 Å². The Balaban J connectivity index is 2.38. The van der Waals surface area contributed by atoms with Gasteiger partial charge in [0.05, 0.1) is 5.88 Å². The number of halogens is 2. The van der Waals surface area contributed by atoms with Crippen molar-refractivity contribution in [1.29, 1.82) is 0 Å². The summed E-state index contributed by atoms with van der Waals surface area (Å²) in [4.78, 5) is 0. The molecule has 0 fully saturated rings. The normalized spacial score (nSPS) is 11.8. The van der Waals surface area contributed by atoms with Gasteiger partial charge in [0.2, 0.25) is 0 Å².